The normalized spacial score (nSPS) is 15.6. The Labute approximate surface area is 151 Å². The second-order valence-corrected chi connectivity index (χ2v) is 7.77. The first kappa shape index (κ1) is 20.4. The predicted octanol–water partition coefficient (Wildman–Crippen LogP) is 1.36. The molecule has 1 heterocycles. The summed E-state index contributed by atoms with van der Waals surface area (Å²) in [6.07, 6.45) is 1.10. The molecule has 1 saturated heterocycles. The van der Waals surface area contributed by atoms with Crippen molar-refractivity contribution in [3.63, 3.8) is 0 Å². The molecule has 1 amide bonds. The zero-order valence-electron chi connectivity index (χ0n) is 12.6. The van der Waals surface area contributed by atoms with E-state index in [0.29, 0.717) is 11.0 Å². The fraction of sp³-hybridized carbons (Fsp3) is 0.500. The van der Waals surface area contributed by atoms with E-state index in [9.17, 15) is 13.2 Å². The lowest BCUT2D eigenvalue weighted by molar-refractivity contribution is -0.130. The second kappa shape index (κ2) is 9.58. The number of benzene rings is 1. The van der Waals surface area contributed by atoms with Crippen LogP contribution in [0.15, 0.2) is 33.6 Å². The van der Waals surface area contributed by atoms with Crippen molar-refractivity contribution in [2.24, 2.45) is 0 Å². The first-order chi connectivity index (χ1) is 10.5. The lowest BCUT2D eigenvalue weighted by Gasteiger charge is -2.20. The minimum absolute atomic E-state index is 0. The molecule has 130 valence electrons. The molecule has 1 aromatic rings. The Morgan fingerprint density at radius 3 is 2.83 bits per heavy atom. The van der Waals surface area contributed by atoms with Crippen molar-refractivity contribution in [2.45, 2.75) is 17.7 Å². The average Bonchev–Trinajstić information content (AvgIpc) is 2.76. The first-order valence-corrected chi connectivity index (χ1v) is 9.50. The van der Waals surface area contributed by atoms with Crippen LogP contribution in [0, 0.1) is 0 Å². The smallest absolute Gasteiger partial charge is 0.240 e. The van der Waals surface area contributed by atoms with E-state index in [1.807, 2.05) is 0 Å². The quantitative estimate of drug-likeness (QED) is 0.745. The molecule has 6 nitrogen and oxygen atoms in total. The van der Waals surface area contributed by atoms with E-state index in [1.165, 1.54) is 12.1 Å². The van der Waals surface area contributed by atoms with E-state index in [-0.39, 0.29) is 36.2 Å². The third-order valence-electron chi connectivity index (χ3n) is 3.43. The summed E-state index contributed by atoms with van der Waals surface area (Å²) in [6.45, 7) is 3.22. The summed E-state index contributed by atoms with van der Waals surface area (Å²) in [4.78, 5) is 14.1. The van der Waals surface area contributed by atoms with Crippen LogP contribution < -0.4 is 10.0 Å². The van der Waals surface area contributed by atoms with Crippen molar-refractivity contribution in [3.05, 3.63) is 28.7 Å². The molecule has 0 aromatic heterocycles. The number of carbonyl (C=O) groups is 1. The lowest BCUT2D eigenvalue weighted by Crippen LogP contribution is -2.36. The van der Waals surface area contributed by atoms with Crippen molar-refractivity contribution < 1.29 is 13.2 Å². The van der Waals surface area contributed by atoms with Gasteiger partial charge < -0.3 is 10.2 Å². The van der Waals surface area contributed by atoms with Crippen molar-refractivity contribution in [3.8, 4) is 0 Å². The second-order valence-electron chi connectivity index (χ2n) is 5.09. The van der Waals surface area contributed by atoms with Gasteiger partial charge in [0.15, 0.2) is 0 Å². The molecule has 0 bridgehead atoms. The standard InChI is InChI=1S/C14H20BrN3O3S.ClH/c15-12-3-1-4-13(11-12)22(20,21)17-7-5-14(19)18-9-2-6-16-8-10-18;/h1,3-4,11,16-17H,2,5-10H2;1H. The monoisotopic (exact) mass is 425 g/mol. The van der Waals surface area contributed by atoms with Crippen LogP contribution in [0.4, 0.5) is 0 Å². The highest BCUT2D eigenvalue weighted by Crippen LogP contribution is 2.15. The molecule has 0 radical (unpaired) electrons. The molecule has 23 heavy (non-hydrogen) atoms. The first-order valence-electron chi connectivity index (χ1n) is 7.23. The summed E-state index contributed by atoms with van der Waals surface area (Å²) in [6, 6.07) is 6.48. The molecule has 0 aliphatic carbocycles. The Bertz CT molecular complexity index is 619. The van der Waals surface area contributed by atoms with Crippen LogP contribution >= 0.6 is 28.3 Å². The van der Waals surface area contributed by atoms with E-state index < -0.39 is 10.0 Å². The molecule has 1 aliphatic rings. The number of halogens is 2. The van der Waals surface area contributed by atoms with Gasteiger partial charge in [-0.15, -0.1) is 12.4 Å². The average molecular weight is 427 g/mol. The topological polar surface area (TPSA) is 78.5 Å². The van der Waals surface area contributed by atoms with Gasteiger partial charge in [0, 0.05) is 37.1 Å². The van der Waals surface area contributed by atoms with Gasteiger partial charge in [-0.1, -0.05) is 22.0 Å². The van der Waals surface area contributed by atoms with Crippen LogP contribution in [0.3, 0.4) is 0 Å². The highest BCUT2D eigenvalue weighted by molar-refractivity contribution is 9.10. The molecule has 1 aromatic carbocycles. The molecule has 2 rings (SSSR count). The number of amides is 1. The maximum atomic E-state index is 12.1. The van der Waals surface area contributed by atoms with Crippen molar-refractivity contribution in [1.29, 1.82) is 0 Å². The van der Waals surface area contributed by atoms with E-state index >= 15 is 0 Å². The number of rotatable bonds is 5. The van der Waals surface area contributed by atoms with Gasteiger partial charge in [0.05, 0.1) is 4.90 Å². The summed E-state index contributed by atoms with van der Waals surface area (Å²) < 4.78 is 27.4. The number of nitrogens with one attached hydrogen (secondary N) is 2. The van der Waals surface area contributed by atoms with Gasteiger partial charge in [-0.3, -0.25) is 4.79 Å². The van der Waals surface area contributed by atoms with Crippen molar-refractivity contribution in [2.75, 3.05) is 32.7 Å². The van der Waals surface area contributed by atoms with Gasteiger partial charge in [-0.25, -0.2) is 13.1 Å². The number of hydrogen-bond donors (Lipinski definition) is 2. The summed E-state index contributed by atoms with van der Waals surface area (Å²) in [7, 11) is -3.58. The molecular weight excluding hydrogens is 406 g/mol. The zero-order valence-corrected chi connectivity index (χ0v) is 15.8. The summed E-state index contributed by atoms with van der Waals surface area (Å²) >= 11 is 3.25. The van der Waals surface area contributed by atoms with Gasteiger partial charge in [0.25, 0.3) is 0 Å². The Balaban J connectivity index is 0.00000264. The molecule has 0 unspecified atom stereocenters. The summed E-state index contributed by atoms with van der Waals surface area (Å²) in [5.74, 6) is -0.0133. The van der Waals surface area contributed by atoms with Crippen molar-refractivity contribution >= 4 is 44.3 Å². The number of carbonyl (C=O) groups excluding carboxylic acids is 1. The fourth-order valence-electron chi connectivity index (χ4n) is 2.26. The van der Waals surface area contributed by atoms with Crippen LogP contribution in [0.5, 0.6) is 0 Å². The summed E-state index contributed by atoms with van der Waals surface area (Å²) in [5.41, 5.74) is 0. The van der Waals surface area contributed by atoms with Gasteiger partial charge in [0.2, 0.25) is 15.9 Å². The third-order valence-corrected chi connectivity index (χ3v) is 5.38. The SMILES string of the molecule is Cl.O=C(CCNS(=O)(=O)c1cccc(Br)c1)N1CCCNCC1. The van der Waals surface area contributed by atoms with E-state index in [4.69, 9.17) is 0 Å². The van der Waals surface area contributed by atoms with E-state index in [2.05, 4.69) is 26.0 Å². The largest absolute Gasteiger partial charge is 0.341 e. The van der Waals surface area contributed by atoms with Gasteiger partial charge in [-0.2, -0.15) is 0 Å². The van der Waals surface area contributed by atoms with Crippen LogP contribution in [0.2, 0.25) is 0 Å². The minimum Gasteiger partial charge on any atom is -0.341 e. The van der Waals surface area contributed by atoms with Crippen molar-refractivity contribution in [1.82, 2.24) is 14.9 Å². The highest BCUT2D eigenvalue weighted by Gasteiger charge is 2.17. The van der Waals surface area contributed by atoms with Crippen LogP contribution in [0.25, 0.3) is 0 Å². The Hall–Kier alpha value is -0.670. The maximum Gasteiger partial charge on any atom is 0.240 e. The predicted molar refractivity (Wildman–Crippen MR) is 95.3 cm³/mol. The highest BCUT2D eigenvalue weighted by atomic mass is 79.9. The molecule has 1 aliphatic heterocycles. The molecule has 2 N–H and O–H groups in total. The van der Waals surface area contributed by atoms with Gasteiger partial charge >= 0.3 is 0 Å². The lowest BCUT2D eigenvalue weighted by atomic mass is 10.3. The fourth-order valence-corrected chi connectivity index (χ4v) is 3.89. The molecular formula is C14H21BrClN3O3S. The van der Waals surface area contributed by atoms with Crippen LogP contribution in [-0.4, -0.2) is 51.9 Å². The molecule has 1 fully saturated rings. The minimum atomic E-state index is -3.58. The number of hydrogen-bond acceptors (Lipinski definition) is 4. The van der Waals surface area contributed by atoms with E-state index in [1.54, 1.807) is 17.0 Å². The van der Waals surface area contributed by atoms with Crippen LogP contribution in [0.1, 0.15) is 12.8 Å². The van der Waals surface area contributed by atoms with Gasteiger partial charge in [-0.05, 0) is 31.2 Å². The number of nitrogens with zero attached hydrogens (tertiary/aromatic N) is 1. The number of sulfonamides is 1. The van der Waals surface area contributed by atoms with Gasteiger partial charge in [0.1, 0.15) is 0 Å². The maximum absolute atomic E-state index is 12.1. The zero-order chi connectivity index (χ0) is 16.0. The molecule has 0 spiro atoms. The molecule has 0 saturated carbocycles. The Kier molecular flexibility index (Phi) is 8.49. The summed E-state index contributed by atoms with van der Waals surface area (Å²) in [5, 5.41) is 3.23. The molecule has 9 heteroatoms. The van der Waals surface area contributed by atoms with E-state index in [0.717, 1.165) is 26.1 Å². The van der Waals surface area contributed by atoms with Crippen LogP contribution in [-0.2, 0) is 14.8 Å². The Morgan fingerprint density at radius 1 is 1.30 bits per heavy atom. The Morgan fingerprint density at radius 2 is 2.09 bits per heavy atom. The third kappa shape index (κ3) is 6.39. The molecule has 0 atom stereocenters.